The molecule has 1 unspecified atom stereocenters. The first-order valence-electron chi connectivity index (χ1n) is 9.98. The molecule has 7 heteroatoms. The lowest BCUT2D eigenvalue weighted by atomic mass is 9.97. The van der Waals surface area contributed by atoms with Crippen molar-refractivity contribution in [1.82, 2.24) is 14.5 Å². The molecule has 0 bridgehead atoms. The van der Waals surface area contributed by atoms with Crippen LogP contribution in [0.2, 0.25) is 0 Å². The number of hydrogen-bond donors (Lipinski definition) is 1. The lowest BCUT2D eigenvalue weighted by Crippen LogP contribution is -2.58. The number of aryl methyl sites for hydroxylation is 1. The van der Waals surface area contributed by atoms with E-state index in [4.69, 9.17) is 0 Å². The zero-order valence-electron chi connectivity index (χ0n) is 16.8. The topological polar surface area (TPSA) is 69.7 Å². The van der Waals surface area contributed by atoms with E-state index in [1.807, 2.05) is 56.4 Å². The standard InChI is InChI=1S/C22H27N3O3S/c1-17-8-10-19(11-9-17)29(27,28)25-14-12-22(13-15-25)23-20(21(26)24(22)2)16-18-6-4-3-5-7-18/h3-11,20,23H,12-16H2,1-2H3. The lowest BCUT2D eigenvalue weighted by molar-refractivity contribution is -0.131. The molecule has 1 N–H and O–H groups in total. The van der Waals surface area contributed by atoms with Crippen molar-refractivity contribution in [1.29, 1.82) is 0 Å². The Kier molecular flexibility index (Phi) is 5.23. The van der Waals surface area contributed by atoms with E-state index in [-0.39, 0.29) is 11.9 Å². The minimum absolute atomic E-state index is 0.0729. The largest absolute Gasteiger partial charge is 0.326 e. The van der Waals surface area contributed by atoms with Gasteiger partial charge in [0.25, 0.3) is 0 Å². The van der Waals surface area contributed by atoms with E-state index in [1.54, 1.807) is 17.0 Å². The van der Waals surface area contributed by atoms with E-state index in [2.05, 4.69) is 5.32 Å². The van der Waals surface area contributed by atoms with Gasteiger partial charge in [-0.1, -0.05) is 48.0 Å². The van der Waals surface area contributed by atoms with E-state index < -0.39 is 15.7 Å². The number of hydrogen-bond acceptors (Lipinski definition) is 4. The number of amides is 1. The minimum atomic E-state index is -3.52. The van der Waals surface area contributed by atoms with Crippen LogP contribution in [0.15, 0.2) is 59.5 Å². The maximum Gasteiger partial charge on any atom is 0.243 e. The molecule has 6 nitrogen and oxygen atoms in total. The van der Waals surface area contributed by atoms with Gasteiger partial charge in [0.15, 0.2) is 0 Å². The second kappa shape index (κ2) is 7.55. The van der Waals surface area contributed by atoms with Crippen LogP contribution in [-0.2, 0) is 21.2 Å². The summed E-state index contributed by atoms with van der Waals surface area (Å²) in [6.07, 6.45) is 1.79. The van der Waals surface area contributed by atoms with Crippen molar-refractivity contribution in [3.63, 3.8) is 0 Å². The molecule has 1 amide bonds. The fourth-order valence-corrected chi connectivity index (χ4v) is 5.79. The highest BCUT2D eigenvalue weighted by Gasteiger charge is 2.50. The number of rotatable bonds is 4. The summed E-state index contributed by atoms with van der Waals surface area (Å²) in [6, 6.07) is 16.6. The summed E-state index contributed by atoms with van der Waals surface area (Å²) in [6.45, 7) is 2.71. The Balaban J connectivity index is 1.46. The van der Waals surface area contributed by atoms with Crippen molar-refractivity contribution >= 4 is 15.9 Å². The molecule has 2 saturated heterocycles. The van der Waals surface area contributed by atoms with Crippen molar-refractivity contribution in [3.8, 4) is 0 Å². The average Bonchev–Trinajstić information content (AvgIpc) is 2.94. The summed E-state index contributed by atoms with van der Waals surface area (Å²) in [5, 5.41) is 3.53. The lowest BCUT2D eigenvalue weighted by Gasteiger charge is -2.42. The molecule has 1 spiro atoms. The molecule has 0 aliphatic carbocycles. The summed E-state index contributed by atoms with van der Waals surface area (Å²) in [5.41, 5.74) is 1.67. The number of benzene rings is 2. The van der Waals surface area contributed by atoms with Gasteiger partial charge < -0.3 is 4.90 Å². The number of carbonyl (C=O) groups is 1. The monoisotopic (exact) mass is 413 g/mol. The molecule has 0 saturated carbocycles. The maximum absolute atomic E-state index is 13.0. The van der Waals surface area contributed by atoms with Crippen LogP contribution in [0.25, 0.3) is 0 Å². The van der Waals surface area contributed by atoms with Gasteiger partial charge in [0.1, 0.15) is 0 Å². The summed E-state index contributed by atoms with van der Waals surface area (Å²) < 4.78 is 27.5. The Hall–Kier alpha value is -2.22. The molecule has 2 aliphatic rings. The van der Waals surface area contributed by atoms with Crippen LogP contribution in [0.5, 0.6) is 0 Å². The van der Waals surface area contributed by atoms with Gasteiger partial charge in [0.2, 0.25) is 15.9 Å². The van der Waals surface area contributed by atoms with Crippen molar-refractivity contribution in [2.45, 2.75) is 42.8 Å². The van der Waals surface area contributed by atoms with E-state index in [0.29, 0.717) is 37.2 Å². The van der Waals surface area contributed by atoms with Crippen molar-refractivity contribution in [2.75, 3.05) is 20.1 Å². The molecular formula is C22H27N3O3S. The van der Waals surface area contributed by atoms with Gasteiger partial charge in [0.05, 0.1) is 16.6 Å². The first-order valence-corrected chi connectivity index (χ1v) is 11.4. The van der Waals surface area contributed by atoms with E-state index >= 15 is 0 Å². The number of piperidine rings is 1. The molecule has 154 valence electrons. The maximum atomic E-state index is 13.0. The number of sulfonamides is 1. The van der Waals surface area contributed by atoms with Crippen LogP contribution >= 0.6 is 0 Å². The SMILES string of the molecule is Cc1ccc(S(=O)(=O)N2CCC3(CC2)NC(Cc2ccccc2)C(=O)N3C)cc1. The van der Waals surface area contributed by atoms with Crippen LogP contribution in [-0.4, -0.2) is 55.4 Å². The molecule has 0 aromatic heterocycles. The number of nitrogens with zero attached hydrogens (tertiary/aromatic N) is 2. The highest BCUT2D eigenvalue weighted by Crippen LogP contribution is 2.34. The van der Waals surface area contributed by atoms with Gasteiger partial charge in [-0.25, -0.2) is 8.42 Å². The summed E-state index contributed by atoms with van der Waals surface area (Å²) >= 11 is 0. The predicted molar refractivity (Wildman–Crippen MR) is 112 cm³/mol. The van der Waals surface area contributed by atoms with Gasteiger partial charge in [-0.15, -0.1) is 0 Å². The number of nitrogens with one attached hydrogen (secondary N) is 1. The molecule has 2 aliphatic heterocycles. The second-order valence-electron chi connectivity index (χ2n) is 8.03. The summed E-state index contributed by atoms with van der Waals surface area (Å²) in [5.74, 6) is 0.0729. The molecule has 2 aromatic rings. The van der Waals surface area contributed by atoms with Gasteiger partial charge >= 0.3 is 0 Å². The quantitative estimate of drug-likeness (QED) is 0.834. The van der Waals surface area contributed by atoms with Crippen LogP contribution < -0.4 is 5.32 Å². The smallest absolute Gasteiger partial charge is 0.243 e. The molecule has 29 heavy (non-hydrogen) atoms. The van der Waals surface area contributed by atoms with Crippen molar-refractivity contribution in [2.24, 2.45) is 0 Å². The molecule has 0 radical (unpaired) electrons. The first kappa shape index (κ1) is 20.1. The molecular weight excluding hydrogens is 386 g/mol. The van der Waals surface area contributed by atoms with Gasteiger partial charge in [-0.2, -0.15) is 4.31 Å². The molecule has 4 rings (SSSR count). The fourth-order valence-electron chi connectivity index (χ4n) is 4.35. The Morgan fingerprint density at radius 2 is 1.66 bits per heavy atom. The van der Waals surface area contributed by atoms with E-state index in [9.17, 15) is 13.2 Å². The molecule has 2 aromatic carbocycles. The third kappa shape index (κ3) is 3.70. The normalized spacial score (nSPS) is 22.3. The van der Waals surface area contributed by atoms with E-state index in [1.165, 1.54) is 4.31 Å². The minimum Gasteiger partial charge on any atom is -0.326 e. The summed E-state index contributed by atoms with van der Waals surface area (Å²) in [7, 11) is -1.69. The van der Waals surface area contributed by atoms with Crippen molar-refractivity contribution in [3.05, 3.63) is 65.7 Å². The Morgan fingerprint density at radius 3 is 2.28 bits per heavy atom. The van der Waals surface area contributed by atoms with Gasteiger partial charge in [-0.3, -0.25) is 10.1 Å². The highest BCUT2D eigenvalue weighted by molar-refractivity contribution is 7.89. The van der Waals surface area contributed by atoms with Crippen LogP contribution in [0.3, 0.4) is 0 Å². The fraction of sp³-hybridized carbons (Fsp3) is 0.409. The van der Waals surface area contributed by atoms with Gasteiger partial charge in [-0.05, 0) is 43.9 Å². The second-order valence-corrected chi connectivity index (χ2v) is 9.97. The number of likely N-dealkylation sites (N-methyl/N-ethyl adjacent to an activating group) is 1. The molecule has 2 heterocycles. The zero-order chi connectivity index (χ0) is 20.6. The van der Waals surface area contributed by atoms with Crippen molar-refractivity contribution < 1.29 is 13.2 Å². The van der Waals surface area contributed by atoms with E-state index in [0.717, 1.165) is 11.1 Å². The van der Waals surface area contributed by atoms with Crippen LogP contribution in [0, 0.1) is 6.92 Å². The molecule has 1 atom stereocenters. The Bertz CT molecular complexity index is 982. The Morgan fingerprint density at radius 1 is 1.03 bits per heavy atom. The number of carbonyl (C=O) groups excluding carboxylic acids is 1. The van der Waals surface area contributed by atoms with Gasteiger partial charge in [0, 0.05) is 20.1 Å². The van der Waals surface area contributed by atoms with Crippen LogP contribution in [0.4, 0.5) is 0 Å². The third-order valence-electron chi connectivity index (χ3n) is 6.20. The highest BCUT2D eigenvalue weighted by atomic mass is 32.2. The zero-order valence-corrected chi connectivity index (χ0v) is 17.7. The average molecular weight is 414 g/mol. The third-order valence-corrected chi connectivity index (χ3v) is 8.12. The Labute approximate surface area is 172 Å². The van der Waals surface area contributed by atoms with Crippen LogP contribution in [0.1, 0.15) is 24.0 Å². The first-order chi connectivity index (χ1) is 13.8. The molecule has 2 fully saturated rings. The summed E-state index contributed by atoms with van der Waals surface area (Å²) in [4.78, 5) is 15.0. The predicted octanol–water partition coefficient (Wildman–Crippen LogP) is 2.15.